The normalized spacial score (nSPS) is 14.0. The Labute approximate surface area is 101 Å². The second-order valence-corrected chi connectivity index (χ2v) is 4.74. The molecule has 0 radical (unpaired) electrons. The highest BCUT2D eigenvalue weighted by Crippen LogP contribution is 2.02. The molecule has 0 saturated carbocycles. The van der Waals surface area contributed by atoms with Gasteiger partial charge in [-0.1, -0.05) is 0 Å². The van der Waals surface area contributed by atoms with Gasteiger partial charge >= 0.3 is 12.0 Å². The molecule has 0 aromatic carbocycles. The summed E-state index contributed by atoms with van der Waals surface area (Å²) in [6.07, 6.45) is 2.88. The Morgan fingerprint density at radius 1 is 1.44 bits per heavy atom. The fraction of sp³-hybridized carbons (Fsp3) is 0.800. The first-order chi connectivity index (χ1) is 7.40. The average molecular weight is 248 g/mol. The van der Waals surface area contributed by atoms with Crippen LogP contribution in [0, 0.1) is 0 Å². The van der Waals surface area contributed by atoms with Crippen molar-refractivity contribution in [3.8, 4) is 0 Å². The zero-order valence-corrected chi connectivity index (χ0v) is 11.0. The number of carboxylic acid groups (broad SMARTS) is 1. The molecule has 2 amide bonds. The molecule has 0 aliphatic carbocycles. The summed E-state index contributed by atoms with van der Waals surface area (Å²) in [7, 11) is 1.48. The maximum absolute atomic E-state index is 11.6. The Morgan fingerprint density at radius 2 is 2.00 bits per heavy atom. The quantitative estimate of drug-likeness (QED) is 0.742. The van der Waals surface area contributed by atoms with Gasteiger partial charge in [0.2, 0.25) is 0 Å². The Morgan fingerprint density at radius 3 is 2.44 bits per heavy atom. The van der Waals surface area contributed by atoms with Crippen LogP contribution in [-0.2, 0) is 4.79 Å². The molecular formula is C10H20N2O3S. The second-order valence-electron chi connectivity index (χ2n) is 3.76. The first-order valence-corrected chi connectivity index (χ1v) is 6.54. The van der Waals surface area contributed by atoms with E-state index in [1.165, 1.54) is 18.9 Å². The van der Waals surface area contributed by atoms with Crippen LogP contribution < -0.4 is 5.32 Å². The molecule has 94 valence electrons. The van der Waals surface area contributed by atoms with E-state index in [1.807, 2.05) is 13.2 Å². The van der Waals surface area contributed by atoms with Gasteiger partial charge in [0, 0.05) is 13.1 Å². The standard InChI is InChI=1S/C10H20N2O3S/c1-7(5-6-16-4)11-10(15)12(3)8(2)9(13)14/h7-8H,5-6H2,1-4H3,(H,11,15)(H,13,14). The molecule has 0 spiro atoms. The third kappa shape index (κ3) is 5.25. The van der Waals surface area contributed by atoms with E-state index in [9.17, 15) is 9.59 Å². The van der Waals surface area contributed by atoms with Crippen LogP contribution in [0.2, 0.25) is 0 Å². The summed E-state index contributed by atoms with van der Waals surface area (Å²) in [5, 5.41) is 11.5. The molecule has 2 unspecified atom stereocenters. The van der Waals surface area contributed by atoms with Crippen LogP contribution in [0.5, 0.6) is 0 Å². The molecule has 0 aromatic rings. The summed E-state index contributed by atoms with van der Waals surface area (Å²) < 4.78 is 0. The van der Waals surface area contributed by atoms with Crippen LogP contribution in [0.15, 0.2) is 0 Å². The van der Waals surface area contributed by atoms with Gasteiger partial charge < -0.3 is 15.3 Å². The fourth-order valence-corrected chi connectivity index (χ4v) is 1.61. The highest BCUT2D eigenvalue weighted by molar-refractivity contribution is 7.98. The second kappa shape index (κ2) is 7.38. The van der Waals surface area contributed by atoms with Crippen molar-refractivity contribution >= 4 is 23.8 Å². The SMILES string of the molecule is CSCCC(C)NC(=O)N(C)C(C)C(=O)O. The van der Waals surface area contributed by atoms with Gasteiger partial charge in [-0.05, 0) is 32.3 Å². The summed E-state index contributed by atoms with van der Waals surface area (Å²) in [4.78, 5) is 23.5. The van der Waals surface area contributed by atoms with Crippen LogP contribution in [0.25, 0.3) is 0 Å². The number of rotatable bonds is 6. The molecule has 0 aromatic heterocycles. The van der Waals surface area contributed by atoms with E-state index in [2.05, 4.69) is 5.32 Å². The van der Waals surface area contributed by atoms with Gasteiger partial charge in [-0.2, -0.15) is 11.8 Å². The van der Waals surface area contributed by atoms with E-state index in [-0.39, 0.29) is 12.1 Å². The molecule has 0 fully saturated rings. The molecule has 6 heteroatoms. The van der Waals surface area contributed by atoms with Crippen LogP contribution in [0.3, 0.4) is 0 Å². The summed E-state index contributed by atoms with van der Waals surface area (Å²) in [5.74, 6) is -0.0333. The molecule has 16 heavy (non-hydrogen) atoms. The van der Waals surface area contributed by atoms with Gasteiger partial charge in [0.15, 0.2) is 0 Å². The van der Waals surface area contributed by atoms with Gasteiger partial charge in [0.25, 0.3) is 0 Å². The Bertz CT molecular complexity index is 248. The maximum Gasteiger partial charge on any atom is 0.326 e. The highest BCUT2D eigenvalue weighted by Gasteiger charge is 2.22. The smallest absolute Gasteiger partial charge is 0.326 e. The maximum atomic E-state index is 11.6. The van der Waals surface area contributed by atoms with E-state index >= 15 is 0 Å². The van der Waals surface area contributed by atoms with Crippen molar-refractivity contribution in [2.75, 3.05) is 19.1 Å². The minimum absolute atomic E-state index is 0.0587. The van der Waals surface area contributed by atoms with Crippen molar-refractivity contribution in [1.29, 1.82) is 0 Å². The number of nitrogens with one attached hydrogen (secondary N) is 1. The van der Waals surface area contributed by atoms with Crippen LogP contribution in [-0.4, -0.2) is 53.1 Å². The van der Waals surface area contributed by atoms with Crippen molar-refractivity contribution in [2.45, 2.75) is 32.4 Å². The number of hydrogen-bond acceptors (Lipinski definition) is 3. The van der Waals surface area contributed by atoms with Gasteiger partial charge in [-0.3, -0.25) is 0 Å². The van der Waals surface area contributed by atoms with Crippen molar-refractivity contribution in [1.82, 2.24) is 10.2 Å². The minimum Gasteiger partial charge on any atom is -0.480 e. The van der Waals surface area contributed by atoms with E-state index < -0.39 is 12.0 Å². The van der Waals surface area contributed by atoms with Crippen molar-refractivity contribution in [3.05, 3.63) is 0 Å². The van der Waals surface area contributed by atoms with Crippen LogP contribution >= 0.6 is 11.8 Å². The Hall–Kier alpha value is -0.910. The van der Waals surface area contributed by atoms with E-state index in [1.54, 1.807) is 11.8 Å². The number of likely N-dealkylation sites (N-methyl/N-ethyl adjacent to an activating group) is 1. The van der Waals surface area contributed by atoms with Gasteiger partial charge in [-0.15, -0.1) is 0 Å². The Kier molecular flexibility index (Phi) is 6.96. The molecule has 5 nitrogen and oxygen atoms in total. The monoisotopic (exact) mass is 248 g/mol. The predicted octanol–water partition coefficient (Wildman–Crippen LogP) is 1.24. The van der Waals surface area contributed by atoms with Gasteiger partial charge in [-0.25, -0.2) is 9.59 Å². The number of hydrogen-bond donors (Lipinski definition) is 2. The number of carbonyl (C=O) groups excluding carboxylic acids is 1. The molecule has 0 aliphatic rings. The molecule has 0 aliphatic heterocycles. The first kappa shape index (κ1) is 15.1. The summed E-state index contributed by atoms with van der Waals surface area (Å²) in [6.45, 7) is 3.39. The number of carbonyl (C=O) groups is 2. The average Bonchev–Trinajstić information content (AvgIpc) is 2.23. The topological polar surface area (TPSA) is 69.6 Å². The number of carboxylic acids is 1. The number of amides is 2. The molecule has 0 heterocycles. The molecule has 0 saturated heterocycles. The number of aliphatic carboxylic acids is 1. The van der Waals surface area contributed by atoms with Crippen molar-refractivity contribution in [2.24, 2.45) is 0 Å². The van der Waals surface area contributed by atoms with Crippen molar-refractivity contribution < 1.29 is 14.7 Å². The molecule has 0 rings (SSSR count). The van der Waals surface area contributed by atoms with Crippen LogP contribution in [0.1, 0.15) is 20.3 Å². The lowest BCUT2D eigenvalue weighted by Crippen LogP contribution is -2.48. The molecule has 0 bridgehead atoms. The third-order valence-corrected chi connectivity index (χ3v) is 3.03. The zero-order valence-electron chi connectivity index (χ0n) is 10.2. The third-order valence-electron chi connectivity index (χ3n) is 2.38. The van der Waals surface area contributed by atoms with Crippen molar-refractivity contribution in [3.63, 3.8) is 0 Å². The van der Waals surface area contributed by atoms with Crippen LogP contribution in [0.4, 0.5) is 4.79 Å². The molecular weight excluding hydrogens is 228 g/mol. The zero-order chi connectivity index (χ0) is 12.7. The minimum atomic E-state index is -1.01. The molecule has 2 N–H and O–H groups in total. The first-order valence-electron chi connectivity index (χ1n) is 5.15. The summed E-state index contributed by atoms with van der Waals surface area (Å²) in [5.41, 5.74) is 0. The lowest BCUT2D eigenvalue weighted by atomic mass is 10.2. The lowest BCUT2D eigenvalue weighted by molar-refractivity contribution is -0.141. The predicted molar refractivity (Wildman–Crippen MR) is 65.9 cm³/mol. The van der Waals surface area contributed by atoms with E-state index in [0.717, 1.165) is 12.2 Å². The summed E-state index contributed by atoms with van der Waals surface area (Å²) >= 11 is 1.72. The van der Waals surface area contributed by atoms with E-state index in [0.29, 0.717) is 0 Å². The fourth-order valence-electron chi connectivity index (χ4n) is 1.02. The largest absolute Gasteiger partial charge is 0.480 e. The van der Waals surface area contributed by atoms with Gasteiger partial charge in [0.05, 0.1) is 0 Å². The number of urea groups is 1. The van der Waals surface area contributed by atoms with Gasteiger partial charge in [0.1, 0.15) is 6.04 Å². The highest BCUT2D eigenvalue weighted by atomic mass is 32.2. The van der Waals surface area contributed by atoms with E-state index in [4.69, 9.17) is 5.11 Å². The summed E-state index contributed by atoms with van der Waals surface area (Å²) in [6, 6.07) is -1.10. The number of thioether (sulfide) groups is 1. The number of nitrogens with zero attached hydrogens (tertiary/aromatic N) is 1. The Balaban J connectivity index is 4.09. The lowest BCUT2D eigenvalue weighted by Gasteiger charge is -2.24. The molecule has 2 atom stereocenters.